The highest BCUT2D eigenvalue weighted by atomic mass is 16.6. The Hall–Kier alpha value is -3.29. The smallest absolute Gasteiger partial charge is 0.253 e. The lowest BCUT2D eigenvalue weighted by Gasteiger charge is -2.20. The first-order valence-corrected chi connectivity index (χ1v) is 9.14. The number of amides is 1. The summed E-state index contributed by atoms with van der Waals surface area (Å²) in [6.07, 6.45) is 0. The quantitative estimate of drug-likeness (QED) is 0.746. The first-order valence-electron chi connectivity index (χ1n) is 9.14. The van der Waals surface area contributed by atoms with Gasteiger partial charge in [0.25, 0.3) is 5.91 Å². The van der Waals surface area contributed by atoms with Crippen LogP contribution in [0, 0.1) is 20.8 Å². The van der Waals surface area contributed by atoms with Crippen molar-refractivity contribution >= 4 is 5.91 Å². The van der Waals surface area contributed by atoms with Crippen LogP contribution in [0.5, 0.6) is 11.5 Å². The molecule has 0 saturated heterocycles. The van der Waals surface area contributed by atoms with Crippen molar-refractivity contribution in [2.75, 3.05) is 13.2 Å². The lowest BCUT2D eigenvalue weighted by atomic mass is 10.2. The van der Waals surface area contributed by atoms with Gasteiger partial charge in [0.2, 0.25) is 5.89 Å². The fourth-order valence-corrected chi connectivity index (χ4v) is 3.39. The third kappa shape index (κ3) is 3.21. The highest BCUT2D eigenvalue weighted by molar-refractivity contribution is 5.96. The van der Waals surface area contributed by atoms with Gasteiger partial charge in [0.1, 0.15) is 19.3 Å². The molecule has 3 aromatic rings. The summed E-state index contributed by atoms with van der Waals surface area (Å²) in [4.78, 5) is 17.0. The molecule has 146 valence electrons. The lowest BCUT2D eigenvalue weighted by molar-refractivity contribution is 0.0932. The average molecular weight is 382 g/mol. The van der Waals surface area contributed by atoms with E-state index >= 15 is 0 Å². The molecular formula is C20H22N4O4. The maximum atomic E-state index is 12.8. The van der Waals surface area contributed by atoms with Crippen molar-refractivity contribution in [2.45, 2.75) is 33.7 Å². The van der Waals surface area contributed by atoms with Crippen molar-refractivity contribution in [1.82, 2.24) is 20.0 Å². The predicted octanol–water partition coefficient (Wildman–Crippen LogP) is 3.05. The molecule has 0 spiro atoms. The Morgan fingerprint density at radius 2 is 1.89 bits per heavy atom. The number of rotatable bonds is 4. The second-order valence-corrected chi connectivity index (χ2v) is 6.82. The van der Waals surface area contributed by atoms with Gasteiger partial charge in [0.05, 0.1) is 5.56 Å². The fourth-order valence-electron chi connectivity index (χ4n) is 3.39. The molecule has 8 heteroatoms. The summed E-state index contributed by atoms with van der Waals surface area (Å²) < 4.78 is 18.4. The number of hydrogen-bond donors (Lipinski definition) is 1. The predicted molar refractivity (Wildman–Crippen MR) is 101 cm³/mol. The number of carbonyl (C=O) groups is 1. The van der Waals surface area contributed by atoms with Crippen LogP contribution in [0.4, 0.5) is 0 Å². The van der Waals surface area contributed by atoms with Crippen LogP contribution in [0.3, 0.4) is 0 Å². The topological polar surface area (TPSA) is 91.4 Å². The molecule has 1 aliphatic rings. The Bertz CT molecular complexity index is 1040. The second kappa shape index (κ2) is 7.03. The lowest BCUT2D eigenvalue weighted by Crippen LogP contribution is -2.27. The molecule has 1 aliphatic heterocycles. The monoisotopic (exact) mass is 382 g/mol. The highest BCUT2D eigenvalue weighted by Crippen LogP contribution is 2.33. The highest BCUT2D eigenvalue weighted by Gasteiger charge is 2.22. The van der Waals surface area contributed by atoms with Crippen LogP contribution in [0.25, 0.3) is 5.69 Å². The molecule has 1 aromatic carbocycles. The van der Waals surface area contributed by atoms with Gasteiger partial charge in [-0.3, -0.25) is 4.79 Å². The number of ether oxygens (including phenoxy) is 2. The van der Waals surface area contributed by atoms with E-state index in [4.69, 9.17) is 14.0 Å². The third-order valence-electron chi connectivity index (χ3n) is 4.72. The van der Waals surface area contributed by atoms with Crippen LogP contribution in [0.15, 0.2) is 28.8 Å². The summed E-state index contributed by atoms with van der Waals surface area (Å²) in [6.45, 7) is 8.51. The van der Waals surface area contributed by atoms with E-state index in [1.54, 1.807) is 6.92 Å². The number of hydrogen-bond acceptors (Lipinski definition) is 6. The number of carbonyl (C=O) groups excluding carboxylic acids is 1. The largest absolute Gasteiger partial charge is 0.486 e. The van der Waals surface area contributed by atoms with Gasteiger partial charge >= 0.3 is 0 Å². The van der Waals surface area contributed by atoms with Gasteiger partial charge in [-0.25, -0.2) is 0 Å². The number of nitrogens with zero attached hydrogens (tertiary/aromatic N) is 3. The van der Waals surface area contributed by atoms with Crippen LogP contribution >= 0.6 is 0 Å². The first kappa shape index (κ1) is 18.1. The molecule has 0 fully saturated rings. The van der Waals surface area contributed by atoms with Crippen molar-refractivity contribution < 1.29 is 18.8 Å². The third-order valence-corrected chi connectivity index (χ3v) is 4.72. The molecule has 3 heterocycles. The number of aromatic nitrogens is 3. The summed E-state index contributed by atoms with van der Waals surface area (Å²) in [7, 11) is 0. The Morgan fingerprint density at radius 1 is 1.14 bits per heavy atom. The molecule has 8 nitrogen and oxygen atoms in total. The number of aryl methyl sites for hydroxylation is 2. The van der Waals surface area contributed by atoms with Crippen molar-refractivity contribution in [3.05, 3.63) is 52.9 Å². The van der Waals surface area contributed by atoms with Crippen molar-refractivity contribution in [3.63, 3.8) is 0 Å². The van der Waals surface area contributed by atoms with E-state index in [-0.39, 0.29) is 11.9 Å². The van der Waals surface area contributed by atoms with E-state index in [0.29, 0.717) is 36.2 Å². The summed E-state index contributed by atoms with van der Waals surface area (Å²) >= 11 is 0. The SMILES string of the molecule is Cc1noc([C@@H](C)NC(=O)c2cc(C)n(-c3ccc4c(c3)OCCO4)c2C)n1. The Morgan fingerprint density at radius 3 is 2.61 bits per heavy atom. The fraction of sp³-hybridized carbons (Fsp3) is 0.350. The van der Waals surface area contributed by atoms with Gasteiger partial charge in [0.15, 0.2) is 17.3 Å². The molecule has 0 bridgehead atoms. The first-order chi connectivity index (χ1) is 13.4. The Kier molecular flexibility index (Phi) is 4.54. The molecule has 2 aromatic heterocycles. The van der Waals surface area contributed by atoms with Gasteiger partial charge in [-0.1, -0.05) is 5.16 Å². The minimum atomic E-state index is -0.383. The Balaban J connectivity index is 1.61. The average Bonchev–Trinajstić information content (AvgIpc) is 3.24. The van der Waals surface area contributed by atoms with E-state index in [0.717, 1.165) is 22.8 Å². The summed E-state index contributed by atoms with van der Waals surface area (Å²) in [6, 6.07) is 7.26. The number of fused-ring (bicyclic) bond motifs is 1. The zero-order valence-corrected chi connectivity index (χ0v) is 16.3. The molecule has 0 saturated carbocycles. The van der Waals surface area contributed by atoms with Gasteiger partial charge in [0, 0.05) is 23.1 Å². The maximum absolute atomic E-state index is 12.8. The second-order valence-electron chi connectivity index (χ2n) is 6.82. The molecule has 0 radical (unpaired) electrons. The summed E-state index contributed by atoms with van der Waals surface area (Å²) in [5.74, 6) is 2.17. The van der Waals surface area contributed by atoms with Crippen molar-refractivity contribution in [3.8, 4) is 17.2 Å². The molecular weight excluding hydrogens is 360 g/mol. The van der Waals surface area contributed by atoms with Crippen LogP contribution in [0.2, 0.25) is 0 Å². The molecule has 28 heavy (non-hydrogen) atoms. The van der Waals surface area contributed by atoms with E-state index in [9.17, 15) is 4.79 Å². The minimum Gasteiger partial charge on any atom is -0.486 e. The number of benzene rings is 1. The number of nitrogens with one attached hydrogen (secondary N) is 1. The molecule has 0 aliphatic carbocycles. The van der Waals surface area contributed by atoms with Crippen LogP contribution in [-0.2, 0) is 0 Å². The van der Waals surface area contributed by atoms with Crippen LogP contribution < -0.4 is 14.8 Å². The molecule has 1 atom stereocenters. The van der Waals surface area contributed by atoms with Crippen molar-refractivity contribution in [2.24, 2.45) is 0 Å². The standard InChI is InChI=1S/C20H22N4O4/c1-11-9-16(19(25)21-12(2)20-22-14(4)23-28-20)13(3)24(11)15-5-6-17-18(10-15)27-8-7-26-17/h5-6,9-10,12H,7-8H2,1-4H3,(H,21,25)/t12-/m1/s1. The minimum absolute atomic E-state index is 0.194. The molecule has 1 N–H and O–H groups in total. The zero-order chi connectivity index (χ0) is 19.8. The van der Waals surface area contributed by atoms with Crippen LogP contribution in [-0.4, -0.2) is 33.8 Å². The van der Waals surface area contributed by atoms with E-state index in [2.05, 4.69) is 15.5 Å². The Labute approximate surface area is 162 Å². The van der Waals surface area contributed by atoms with Crippen LogP contribution in [0.1, 0.15) is 46.4 Å². The zero-order valence-electron chi connectivity index (χ0n) is 16.3. The normalized spacial score (nSPS) is 14.0. The van der Waals surface area contributed by atoms with Gasteiger partial charge in [-0.2, -0.15) is 4.98 Å². The molecule has 4 rings (SSSR count). The van der Waals surface area contributed by atoms with E-state index < -0.39 is 0 Å². The maximum Gasteiger partial charge on any atom is 0.253 e. The van der Waals surface area contributed by atoms with Gasteiger partial charge < -0.3 is 23.9 Å². The summed E-state index contributed by atoms with van der Waals surface area (Å²) in [5, 5.41) is 6.68. The molecule has 1 amide bonds. The van der Waals surface area contributed by atoms with Gasteiger partial charge in [-0.15, -0.1) is 0 Å². The molecule has 0 unspecified atom stereocenters. The summed E-state index contributed by atoms with van der Waals surface area (Å²) in [5.41, 5.74) is 3.29. The van der Waals surface area contributed by atoms with Gasteiger partial charge in [-0.05, 0) is 45.9 Å². The van der Waals surface area contributed by atoms with E-state index in [1.165, 1.54) is 0 Å². The van der Waals surface area contributed by atoms with Crippen molar-refractivity contribution in [1.29, 1.82) is 0 Å². The van der Waals surface area contributed by atoms with E-state index in [1.807, 2.05) is 49.6 Å².